The second-order valence-electron chi connectivity index (χ2n) is 3.19. The van der Waals surface area contributed by atoms with Crippen molar-refractivity contribution in [2.45, 2.75) is 24.7 Å². The lowest BCUT2D eigenvalue weighted by Crippen LogP contribution is -2.47. The predicted molar refractivity (Wildman–Crippen MR) is 49.5 cm³/mol. The third-order valence-electron chi connectivity index (χ3n) is 1.82. The van der Waals surface area contributed by atoms with Crippen molar-refractivity contribution in [1.29, 1.82) is 0 Å². The van der Waals surface area contributed by atoms with Crippen LogP contribution in [0.1, 0.15) is 6.42 Å². The number of alkyl halides is 3. The molecule has 0 aliphatic rings. The quantitative estimate of drug-likeness (QED) is 0.582. The minimum Gasteiger partial charge on any atom is -0.385 e. The van der Waals surface area contributed by atoms with Gasteiger partial charge in [0.15, 0.2) is 6.10 Å². The van der Waals surface area contributed by atoms with Gasteiger partial charge in [-0.05, 0) is 6.42 Å². The molecule has 0 aromatic heterocycles. The van der Waals surface area contributed by atoms with E-state index in [-0.39, 0.29) is 13.0 Å². The fourth-order valence-corrected chi connectivity index (χ4v) is 0.820. The number of amides is 1. The molecule has 96 valence electrons. The van der Waals surface area contributed by atoms with E-state index < -0.39 is 30.8 Å². The van der Waals surface area contributed by atoms with Gasteiger partial charge in [0.25, 0.3) is 0 Å². The zero-order valence-electron chi connectivity index (χ0n) is 8.75. The molecule has 1 amide bonds. The van der Waals surface area contributed by atoms with Gasteiger partial charge >= 0.3 is 6.18 Å². The molecule has 5 nitrogen and oxygen atoms in total. The first kappa shape index (κ1) is 15.1. The van der Waals surface area contributed by atoms with Crippen molar-refractivity contribution in [2.24, 2.45) is 5.73 Å². The van der Waals surface area contributed by atoms with Crippen molar-refractivity contribution in [3.05, 3.63) is 0 Å². The number of nitrogens with two attached hydrogens (primary N) is 1. The van der Waals surface area contributed by atoms with Crippen molar-refractivity contribution in [2.75, 3.05) is 20.3 Å². The normalized spacial score (nSPS) is 15.6. The van der Waals surface area contributed by atoms with Crippen LogP contribution in [0.25, 0.3) is 0 Å². The number of methoxy groups -OCH3 is 1. The van der Waals surface area contributed by atoms with Crippen LogP contribution in [0, 0.1) is 0 Å². The van der Waals surface area contributed by atoms with Gasteiger partial charge in [0.05, 0.1) is 12.6 Å². The molecule has 2 atom stereocenters. The Morgan fingerprint density at radius 2 is 2.12 bits per heavy atom. The summed E-state index contributed by atoms with van der Waals surface area (Å²) in [7, 11) is 1.41. The largest absolute Gasteiger partial charge is 0.416 e. The number of aliphatic hydroxyl groups is 1. The van der Waals surface area contributed by atoms with Gasteiger partial charge in [-0.25, -0.2) is 0 Å². The van der Waals surface area contributed by atoms with Crippen molar-refractivity contribution in [1.82, 2.24) is 5.32 Å². The summed E-state index contributed by atoms with van der Waals surface area (Å²) in [5, 5.41) is 10.5. The molecule has 0 bridgehead atoms. The number of carbonyl (C=O) groups is 1. The first-order valence-electron chi connectivity index (χ1n) is 4.56. The monoisotopic (exact) mass is 244 g/mol. The summed E-state index contributed by atoms with van der Waals surface area (Å²) in [4.78, 5) is 11.1. The molecule has 0 saturated carbocycles. The number of ether oxygens (including phenoxy) is 1. The average Bonchev–Trinajstić information content (AvgIpc) is 2.20. The molecule has 0 saturated heterocycles. The highest BCUT2D eigenvalue weighted by Crippen LogP contribution is 2.19. The highest BCUT2D eigenvalue weighted by atomic mass is 19.4. The van der Waals surface area contributed by atoms with Crippen LogP contribution in [-0.4, -0.2) is 49.6 Å². The van der Waals surface area contributed by atoms with E-state index in [2.05, 4.69) is 4.74 Å². The van der Waals surface area contributed by atoms with Gasteiger partial charge in [0, 0.05) is 13.7 Å². The summed E-state index contributed by atoms with van der Waals surface area (Å²) in [6, 6.07) is -0.944. The first-order valence-corrected chi connectivity index (χ1v) is 4.56. The van der Waals surface area contributed by atoms with E-state index in [9.17, 15) is 18.0 Å². The van der Waals surface area contributed by atoms with Crippen molar-refractivity contribution in [3.63, 3.8) is 0 Å². The van der Waals surface area contributed by atoms with Crippen LogP contribution in [0.5, 0.6) is 0 Å². The second-order valence-corrected chi connectivity index (χ2v) is 3.19. The zero-order chi connectivity index (χ0) is 12.8. The Hall–Kier alpha value is -0.860. The summed E-state index contributed by atoms with van der Waals surface area (Å²) in [6.07, 6.45) is -7.12. The number of hydrogen-bond acceptors (Lipinski definition) is 4. The molecule has 0 aliphatic heterocycles. The molecule has 0 fully saturated rings. The lowest BCUT2D eigenvalue weighted by molar-refractivity contribution is -0.201. The molecule has 4 N–H and O–H groups in total. The van der Waals surface area contributed by atoms with E-state index >= 15 is 0 Å². The molecule has 8 heteroatoms. The Kier molecular flexibility index (Phi) is 6.31. The Balaban J connectivity index is 3.89. The molecular weight excluding hydrogens is 229 g/mol. The topological polar surface area (TPSA) is 84.6 Å². The summed E-state index contributed by atoms with van der Waals surface area (Å²) in [5.74, 6) is -0.750. The highest BCUT2D eigenvalue weighted by Gasteiger charge is 2.38. The summed E-state index contributed by atoms with van der Waals surface area (Å²) >= 11 is 0. The summed E-state index contributed by atoms with van der Waals surface area (Å²) < 4.78 is 40.2. The molecular formula is C8H15F3N2O3. The minimum absolute atomic E-state index is 0.199. The molecule has 0 heterocycles. The van der Waals surface area contributed by atoms with Crippen LogP contribution in [0.15, 0.2) is 0 Å². The van der Waals surface area contributed by atoms with Crippen molar-refractivity contribution >= 4 is 5.91 Å². The third-order valence-corrected chi connectivity index (χ3v) is 1.82. The minimum atomic E-state index is -4.75. The number of aliphatic hydroxyl groups excluding tert-OH is 1. The molecule has 0 aliphatic carbocycles. The van der Waals surface area contributed by atoms with Gasteiger partial charge in [-0.3, -0.25) is 4.79 Å². The standard InChI is InChI=1S/C8H15F3N2O3/c1-16-3-2-5(12)7(15)13-4-6(14)8(9,10)11/h5-6,14H,2-4,12H2,1H3,(H,13,15). The van der Waals surface area contributed by atoms with E-state index in [4.69, 9.17) is 10.8 Å². The molecule has 2 unspecified atom stereocenters. The van der Waals surface area contributed by atoms with Crippen LogP contribution in [-0.2, 0) is 9.53 Å². The molecule has 0 rings (SSSR count). The maximum Gasteiger partial charge on any atom is 0.416 e. The Labute approximate surface area is 90.7 Å². The van der Waals surface area contributed by atoms with Crippen molar-refractivity contribution < 1.29 is 27.8 Å². The second kappa shape index (κ2) is 6.66. The number of carbonyl (C=O) groups excluding carboxylic acids is 1. The van der Waals surface area contributed by atoms with E-state index in [1.165, 1.54) is 7.11 Å². The summed E-state index contributed by atoms with van der Waals surface area (Å²) in [6.45, 7) is -0.667. The molecule has 16 heavy (non-hydrogen) atoms. The van der Waals surface area contributed by atoms with Gasteiger partial charge in [0.2, 0.25) is 5.91 Å². The molecule has 0 radical (unpaired) electrons. The maximum atomic E-state index is 11.9. The van der Waals surface area contributed by atoms with Gasteiger partial charge in [0.1, 0.15) is 0 Å². The zero-order valence-corrected chi connectivity index (χ0v) is 8.75. The smallest absolute Gasteiger partial charge is 0.385 e. The average molecular weight is 244 g/mol. The Morgan fingerprint density at radius 3 is 2.56 bits per heavy atom. The Bertz CT molecular complexity index is 223. The maximum absolute atomic E-state index is 11.9. The fraction of sp³-hybridized carbons (Fsp3) is 0.875. The molecule has 0 aromatic carbocycles. The third kappa shape index (κ3) is 5.89. The van der Waals surface area contributed by atoms with E-state index in [0.717, 1.165) is 0 Å². The number of nitrogens with one attached hydrogen (secondary N) is 1. The van der Waals surface area contributed by atoms with Gasteiger partial charge < -0.3 is 20.9 Å². The first-order chi connectivity index (χ1) is 7.29. The SMILES string of the molecule is COCCC(N)C(=O)NCC(O)C(F)(F)F. The van der Waals surface area contributed by atoms with Crippen LogP contribution < -0.4 is 11.1 Å². The van der Waals surface area contributed by atoms with E-state index in [0.29, 0.717) is 0 Å². The Morgan fingerprint density at radius 1 is 1.56 bits per heavy atom. The number of halogens is 3. The number of rotatable bonds is 6. The lowest BCUT2D eigenvalue weighted by Gasteiger charge is -2.17. The highest BCUT2D eigenvalue weighted by molar-refractivity contribution is 5.81. The van der Waals surface area contributed by atoms with Gasteiger partial charge in [-0.1, -0.05) is 0 Å². The van der Waals surface area contributed by atoms with Crippen LogP contribution >= 0.6 is 0 Å². The van der Waals surface area contributed by atoms with Crippen molar-refractivity contribution in [3.8, 4) is 0 Å². The van der Waals surface area contributed by atoms with E-state index in [1.54, 1.807) is 0 Å². The van der Waals surface area contributed by atoms with Crippen LogP contribution in [0.3, 0.4) is 0 Å². The molecule has 0 spiro atoms. The van der Waals surface area contributed by atoms with Gasteiger partial charge in [-0.2, -0.15) is 13.2 Å². The number of hydrogen-bond donors (Lipinski definition) is 3. The lowest BCUT2D eigenvalue weighted by atomic mass is 10.2. The van der Waals surface area contributed by atoms with Gasteiger partial charge in [-0.15, -0.1) is 0 Å². The molecule has 0 aromatic rings. The fourth-order valence-electron chi connectivity index (χ4n) is 0.820. The van der Waals surface area contributed by atoms with E-state index in [1.807, 2.05) is 5.32 Å². The summed E-state index contributed by atoms with van der Waals surface area (Å²) in [5.41, 5.74) is 5.34. The predicted octanol–water partition coefficient (Wildman–Crippen LogP) is -0.610. The van der Waals surface area contributed by atoms with Crippen LogP contribution in [0.2, 0.25) is 0 Å². The van der Waals surface area contributed by atoms with Crippen LogP contribution in [0.4, 0.5) is 13.2 Å².